The van der Waals surface area contributed by atoms with Crippen molar-refractivity contribution < 1.29 is 14.7 Å². The number of carbonyl (C=O) groups excluding carboxylic acids is 1. The van der Waals surface area contributed by atoms with Crippen molar-refractivity contribution in [1.29, 1.82) is 0 Å². The molecular formula is C12H17N5O3. The monoisotopic (exact) mass is 279 g/mol. The van der Waals surface area contributed by atoms with E-state index in [0.717, 1.165) is 17.9 Å². The van der Waals surface area contributed by atoms with Crippen LogP contribution >= 0.6 is 0 Å². The van der Waals surface area contributed by atoms with Gasteiger partial charge in [-0.1, -0.05) is 0 Å². The number of aromatic amines is 1. The minimum atomic E-state index is -0.250. The highest BCUT2D eigenvalue weighted by atomic mass is 16.3. The number of aryl methyl sites for hydroxylation is 1. The fraction of sp³-hybridized carbons (Fsp3) is 0.333. The van der Waals surface area contributed by atoms with Crippen molar-refractivity contribution in [2.45, 2.75) is 20.4 Å². The maximum atomic E-state index is 11.6. The van der Waals surface area contributed by atoms with Crippen LogP contribution in [0.3, 0.4) is 0 Å². The van der Waals surface area contributed by atoms with Crippen LogP contribution in [0.25, 0.3) is 0 Å². The molecule has 8 heteroatoms. The van der Waals surface area contributed by atoms with E-state index in [-0.39, 0.29) is 12.4 Å². The van der Waals surface area contributed by atoms with Gasteiger partial charge >= 0.3 is 0 Å². The maximum absolute atomic E-state index is 11.6. The van der Waals surface area contributed by atoms with E-state index in [1.54, 1.807) is 12.5 Å². The zero-order valence-electron chi connectivity index (χ0n) is 11.3. The predicted octanol–water partition coefficient (Wildman–Crippen LogP) is 0.354. The van der Waals surface area contributed by atoms with E-state index < -0.39 is 0 Å². The first-order chi connectivity index (χ1) is 9.60. The molecule has 108 valence electrons. The topological polar surface area (TPSA) is 113 Å². The van der Waals surface area contributed by atoms with Gasteiger partial charge in [0.15, 0.2) is 0 Å². The Morgan fingerprint density at radius 3 is 2.75 bits per heavy atom. The molecule has 0 fully saturated rings. The van der Waals surface area contributed by atoms with Crippen LogP contribution in [-0.4, -0.2) is 43.8 Å². The molecule has 0 unspecified atom stereocenters. The van der Waals surface area contributed by atoms with Gasteiger partial charge in [0.2, 0.25) is 0 Å². The van der Waals surface area contributed by atoms with Crippen LogP contribution in [0.2, 0.25) is 0 Å². The summed E-state index contributed by atoms with van der Waals surface area (Å²) in [6.45, 7) is 5.02. The van der Waals surface area contributed by atoms with Gasteiger partial charge in [0.25, 0.3) is 12.4 Å². The van der Waals surface area contributed by atoms with Crippen LogP contribution in [0.4, 0.5) is 0 Å². The fourth-order valence-electron chi connectivity index (χ4n) is 1.54. The minimum absolute atomic E-state index is 0.117. The van der Waals surface area contributed by atoms with Gasteiger partial charge in [0, 0.05) is 25.0 Å². The Balaban J connectivity index is 0.000000612. The smallest absolute Gasteiger partial charge is 0.290 e. The second-order valence-corrected chi connectivity index (χ2v) is 3.96. The van der Waals surface area contributed by atoms with E-state index in [9.17, 15) is 4.79 Å². The number of hydrogen-bond acceptors (Lipinski definition) is 4. The summed E-state index contributed by atoms with van der Waals surface area (Å²) in [5, 5.41) is 16.0. The third-order valence-corrected chi connectivity index (χ3v) is 2.74. The van der Waals surface area contributed by atoms with Gasteiger partial charge in [-0.05, 0) is 13.8 Å². The molecule has 1 amide bonds. The molecule has 2 heterocycles. The molecular weight excluding hydrogens is 262 g/mol. The molecule has 2 rings (SSSR count). The molecule has 0 aromatic carbocycles. The molecule has 0 radical (unpaired) electrons. The number of rotatable bonds is 4. The molecule has 0 aliphatic rings. The highest BCUT2D eigenvalue weighted by Gasteiger charge is 2.06. The summed E-state index contributed by atoms with van der Waals surface area (Å²) in [5.74, 6) is -0.117. The number of carboxylic acid groups (broad SMARTS) is 1. The summed E-state index contributed by atoms with van der Waals surface area (Å²) >= 11 is 0. The Bertz CT molecular complexity index is 547. The summed E-state index contributed by atoms with van der Waals surface area (Å²) < 4.78 is 2.02. The summed E-state index contributed by atoms with van der Waals surface area (Å²) in [4.78, 5) is 24.2. The van der Waals surface area contributed by atoms with Crippen molar-refractivity contribution in [2.24, 2.45) is 0 Å². The number of imidazole rings is 1. The van der Waals surface area contributed by atoms with Crippen LogP contribution in [0.15, 0.2) is 18.7 Å². The van der Waals surface area contributed by atoms with Gasteiger partial charge in [-0.2, -0.15) is 5.10 Å². The zero-order valence-corrected chi connectivity index (χ0v) is 11.3. The summed E-state index contributed by atoms with van der Waals surface area (Å²) in [6, 6.07) is 0. The molecule has 2 aromatic heterocycles. The second-order valence-electron chi connectivity index (χ2n) is 3.96. The van der Waals surface area contributed by atoms with E-state index in [2.05, 4.69) is 20.5 Å². The molecule has 8 nitrogen and oxygen atoms in total. The second kappa shape index (κ2) is 7.72. The van der Waals surface area contributed by atoms with Crippen molar-refractivity contribution in [2.75, 3.05) is 6.54 Å². The number of nitrogens with one attached hydrogen (secondary N) is 2. The first-order valence-electron chi connectivity index (χ1n) is 5.93. The van der Waals surface area contributed by atoms with E-state index >= 15 is 0 Å². The van der Waals surface area contributed by atoms with E-state index in [0.29, 0.717) is 12.1 Å². The third kappa shape index (κ3) is 4.23. The van der Waals surface area contributed by atoms with Crippen molar-refractivity contribution in [3.05, 3.63) is 35.7 Å². The average Bonchev–Trinajstić information content (AvgIpc) is 3.05. The molecule has 0 aliphatic carbocycles. The molecule has 0 saturated heterocycles. The Kier molecular flexibility index (Phi) is 5.95. The molecule has 3 N–H and O–H groups in total. The quantitative estimate of drug-likeness (QED) is 0.699. The molecule has 2 aromatic rings. The van der Waals surface area contributed by atoms with Crippen molar-refractivity contribution in [3.8, 4) is 0 Å². The van der Waals surface area contributed by atoms with Gasteiger partial charge in [-0.15, -0.1) is 0 Å². The molecule has 0 spiro atoms. The van der Waals surface area contributed by atoms with Crippen LogP contribution in [0.1, 0.15) is 21.7 Å². The van der Waals surface area contributed by atoms with Gasteiger partial charge in [-0.25, -0.2) is 4.98 Å². The standard InChI is InChI=1S/C11H15N5O.CH2O2/c1-8-9(2)16(7-13-8)4-3-12-11(17)10-5-14-15-6-10;2-1-3/h5-7H,3-4H2,1-2H3,(H,12,17)(H,14,15);1H,(H,2,3). The Morgan fingerprint density at radius 1 is 1.55 bits per heavy atom. The fourth-order valence-corrected chi connectivity index (χ4v) is 1.54. The first kappa shape index (κ1) is 15.4. The zero-order chi connectivity index (χ0) is 15.0. The lowest BCUT2D eigenvalue weighted by Crippen LogP contribution is -2.27. The molecule has 0 saturated carbocycles. The predicted molar refractivity (Wildman–Crippen MR) is 71.3 cm³/mol. The van der Waals surface area contributed by atoms with E-state index in [1.165, 1.54) is 6.20 Å². The summed E-state index contributed by atoms with van der Waals surface area (Å²) in [5.41, 5.74) is 2.69. The molecule has 0 bridgehead atoms. The average molecular weight is 279 g/mol. The number of aromatic nitrogens is 4. The van der Waals surface area contributed by atoms with Gasteiger partial charge in [0.1, 0.15) is 0 Å². The number of amides is 1. The minimum Gasteiger partial charge on any atom is -0.483 e. The van der Waals surface area contributed by atoms with Crippen molar-refractivity contribution >= 4 is 12.4 Å². The third-order valence-electron chi connectivity index (χ3n) is 2.74. The largest absolute Gasteiger partial charge is 0.483 e. The van der Waals surface area contributed by atoms with E-state index in [1.807, 2.05) is 18.4 Å². The lowest BCUT2D eigenvalue weighted by atomic mass is 10.3. The number of H-pyrrole nitrogens is 1. The lowest BCUT2D eigenvalue weighted by molar-refractivity contribution is -0.122. The maximum Gasteiger partial charge on any atom is 0.290 e. The van der Waals surface area contributed by atoms with Gasteiger partial charge in [0.05, 0.1) is 23.8 Å². The Hall–Kier alpha value is -2.64. The van der Waals surface area contributed by atoms with E-state index in [4.69, 9.17) is 9.90 Å². The normalized spacial score (nSPS) is 9.50. The lowest BCUT2D eigenvalue weighted by Gasteiger charge is -2.06. The highest BCUT2D eigenvalue weighted by Crippen LogP contribution is 2.03. The molecule has 0 aliphatic heterocycles. The Labute approximate surface area is 115 Å². The first-order valence-corrected chi connectivity index (χ1v) is 5.93. The molecule has 20 heavy (non-hydrogen) atoms. The molecule has 0 atom stereocenters. The summed E-state index contributed by atoms with van der Waals surface area (Å²) in [7, 11) is 0. The van der Waals surface area contributed by atoms with Crippen LogP contribution < -0.4 is 5.32 Å². The van der Waals surface area contributed by atoms with Crippen LogP contribution in [-0.2, 0) is 11.3 Å². The number of carbonyl (C=O) groups is 2. The number of nitrogens with zero attached hydrogens (tertiary/aromatic N) is 3. The van der Waals surface area contributed by atoms with Gasteiger partial charge < -0.3 is 15.0 Å². The van der Waals surface area contributed by atoms with Crippen LogP contribution in [0, 0.1) is 13.8 Å². The van der Waals surface area contributed by atoms with Crippen LogP contribution in [0.5, 0.6) is 0 Å². The number of hydrogen-bond donors (Lipinski definition) is 3. The highest BCUT2D eigenvalue weighted by molar-refractivity contribution is 5.93. The van der Waals surface area contributed by atoms with Crippen molar-refractivity contribution in [1.82, 2.24) is 25.1 Å². The summed E-state index contributed by atoms with van der Waals surface area (Å²) in [6.07, 6.45) is 4.86. The SMILES string of the molecule is Cc1ncn(CCNC(=O)c2cn[nH]c2)c1C.O=CO. The Morgan fingerprint density at radius 2 is 2.25 bits per heavy atom. The van der Waals surface area contributed by atoms with Gasteiger partial charge in [-0.3, -0.25) is 14.7 Å². The van der Waals surface area contributed by atoms with Crippen molar-refractivity contribution in [3.63, 3.8) is 0 Å².